The van der Waals surface area contributed by atoms with Crippen LogP contribution >= 0.6 is 0 Å². The topological polar surface area (TPSA) is 33.7 Å². The zero-order valence-corrected chi connectivity index (χ0v) is 16.3. The molecule has 1 heterocycles. The summed E-state index contributed by atoms with van der Waals surface area (Å²) >= 11 is 0. The van der Waals surface area contributed by atoms with Crippen molar-refractivity contribution in [1.82, 2.24) is 10.2 Å². The lowest BCUT2D eigenvalue weighted by Gasteiger charge is -2.29. The van der Waals surface area contributed by atoms with E-state index >= 15 is 0 Å². The highest BCUT2D eigenvalue weighted by molar-refractivity contribution is 5.49. The van der Waals surface area contributed by atoms with E-state index in [1.165, 1.54) is 22.3 Å². The van der Waals surface area contributed by atoms with Crippen LogP contribution in [0.25, 0.3) is 0 Å². The van der Waals surface area contributed by atoms with Gasteiger partial charge >= 0.3 is 0 Å². The second-order valence-corrected chi connectivity index (χ2v) is 7.08. The minimum Gasteiger partial charge on any atom is -0.496 e. The van der Waals surface area contributed by atoms with E-state index in [-0.39, 0.29) is 6.04 Å². The van der Waals surface area contributed by atoms with Crippen LogP contribution in [0, 0.1) is 0 Å². The van der Waals surface area contributed by atoms with Crippen molar-refractivity contribution >= 4 is 0 Å². The molecule has 1 aliphatic rings. The Bertz CT molecular complexity index is 743. The third kappa shape index (κ3) is 4.19. The first-order valence-electron chi connectivity index (χ1n) is 9.43. The van der Waals surface area contributed by atoms with Gasteiger partial charge in [-0.15, -0.1) is 0 Å². The first-order chi connectivity index (χ1) is 12.6. The largest absolute Gasteiger partial charge is 0.496 e. The molecular formula is C22H30N2O2. The number of nitrogens with zero attached hydrogens (tertiary/aromatic N) is 1. The van der Waals surface area contributed by atoms with Crippen molar-refractivity contribution in [1.29, 1.82) is 0 Å². The standard InChI is InChI=1S/C22H30N2O2/c1-5-16-6-9-21(25-4)20(14-16)22-19-8-7-18(26-13-12-24(2)3)15-17(19)10-11-23-22/h6-9,14-15,22-23H,5,10-13H2,1-4H3. The molecule has 0 bridgehead atoms. The molecule has 1 N–H and O–H groups in total. The van der Waals surface area contributed by atoms with Gasteiger partial charge in [-0.1, -0.05) is 25.1 Å². The van der Waals surface area contributed by atoms with Crippen molar-refractivity contribution in [3.8, 4) is 11.5 Å². The Morgan fingerprint density at radius 2 is 1.96 bits per heavy atom. The van der Waals surface area contributed by atoms with Gasteiger partial charge in [0.1, 0.15) is 18.1 Å². The lowest BCUT2D eigenvalue weighted by atomic mass is 9.88. The minimum atomic E-state index is 0.163. The fraction of sp³-hybridized carbons (Fsp3) is 0.455. The second kappa shape index (κ2) is 8.56. The molecule has 0 amide bonds. The van der Waals surface area contributed by atoms with Crippen molar-refractivity contribution in [3.05, 3.63) is 58.7 Å². The molecule has 3 rings (SSSR count). The van der Waals surface area contributed by atoms with E-state index < -0.39 is 0 Å². The molecule has 4 heteroatoms. The average molecular weight is 354 g/mol. The molecule has 1 unspecified atom stereocenters. The highest BCUT2D eigenvalue weighted by Gasteiger charge is 2.24. The monoisotopic (exact) mass is 354 g/mol. The van der Waals surface area contributed by atoms with Crippen LogP contribution in [0.4, 0.5) is 0 Å². The summed E-state index contributed by atoms with van der Waals surface area (Å²) in [6.45, 7) is 4.77. The summed E-state index contributed by atoms with van der Waals surface area (Å²) in [4.78, 5) is 2.13. The van der Waals surface area contributed by atoms with E-state index in [1.54, 1.807) is 7.11 Å². The predicted molar refractivity (Wildman–Crippen MR) is 106 cm³/mol. The molecule has 2 aromatic carbocycles. The highest BCUT2D eigenvalue weighted by atomic mass is 16.5. The lowest BCUT2D eigenvalue weighted by molar-refractivity contribution is 0.261. The van der Waals surface area contributed by atoms with Gasteiger partial charge in [0, 0.05) is 18.7 Å². The predicted octanol–water partition coefficient (Wildman–Crippen LogP) is 3.43. The van der Waals surface area contributed by atoms with Crippen molar-refractivity contribution < 1.29 is 9.47 Å². The van der Waals surface area contributed by atoms with Gasteiger partial charge in [-0.25, -0.2) is 0 Å². The van der Waals surface area contributed by atoms with Gasteiger partial charge in [-0.3, -0.25) is 0 Å². The first-order valence-corrected chi connectivity index (χ1v) is 9.43. The Morgan fingerprint density at radius 1 is 1.12 bits per heavy atom. The number of ether oxygens (including phenoxy) is 2. The van der Waals surface area contributed by atoms with Gasteiger partial charge in [0.25, 0.3) is 0 Å². The summed E-state index contributed by atoms with van der Waals surface area (Å²) in [6, 6.07) is 13.2. The summed E-state index contributed by atoms with van der Waals surface area (Å²) in [5, 5.41) is 3.67. The maximum atomic E-state index is 5.92. The Kier molecular flexibility index (Phi) is 6.17. The second-order valence-electron chi connectivity index (χ2n) is 7.08. The van der Waals surface area contributed by atoms with Crippen LogP contribution in [-0.2, 0) is 12.8 Å². The summed E-state index contributed by atoms with van der Waals surface area (Å²) in [5.74, 6) is 1.90. The van der Waals surface area contributed by atoms with Gasteiger partial charge in [-0.05, 0) is 61.8 Å². The third-order valence-electron chi connectivity index (χ3n) is 4.99. The van der Waals surface area contributed by atoms with Crippen molar-refractivity contribution in [2.45, 2.75) is 25.8 Å². The summed E-state index contributed by atoms with van der Waals surface area (Å²) in [5.41, 5.74) is 5.23. The van der Waals surface area contributed by atoms with E-state index in [0.717, 1.165) is 37.4 Å². The quantitative estimate of drug-likeness (QED) is 0.826. The number of hydrogen-bond acceptors (Lipinski definition) is 4. The Balaban J connectivity index is 1.87. The SMILES string of the molecule is CCc1ccc(OC)c(C2NCCc3cc(OCCN(C)C)ccc32)c1. The molecule has 2 aromatic rings. The van der Waals surface area contributed by atoms with Gasteiger partial charge in [0.2, 0.25) is 0 Å². The fourth-order valence-electron chi connectivity index (χ4n) is 3.48. The summed E-state index contributed by atoms with van der Waals surface area (Å²) < 4.78 is 11.6. The molecule has 0 aliphatic carbocycles. The van der Waals surface area contributed by atoms with E-state index in [2.05, 4.69) is 67.6 Å². The number of fused-ring (bicyclic) bond motifs is 1. The summed E-state index contributed by atoms with van der Waals surface area (Å²) in [6.07, 6.45) is 2.04. The summed E-state index contributed by atoms with van der Waals surface area (Å²) in [7, 11) is 5.87. The van der Waals surface area contributed by atoms with E-state index in [0.29, 0.717) is 6.61 Å². The van der Waals surface area contributed by atoms with Crippen LogP contribution in [-0.4, -0.2) is 45.8 Å². The van der Waals surface area contributed by atoms with Gasteiger partial charge in [0.15, 0.2) is 0 Å². The number of nitrogens with one attached hydrogen (secondary N) is 1. The van der Waals surface area contributed by atoms with Crippen molar-refractivity contribution in [3.63, 3.8) is 0 Å². The number of hydrogen-bond donors (Lipinski definition) is 1. The molecule has 26 heavy (non-hydrogen) atoms. The van der Waals surface area contributed by atoms with Crippen LogP contribution < -0.4 is 14.8 Å². The molecule has 0 fully saturated rings. The molecule has 4 nitrogen and oxygen atoms in total. The molecule has 1 atom stereocenters. The maximum absolute atomic E-state index is 5.92. The number of methoxy groups -OCH3 is 1. The highest BCUT2D eigenvalue weighted by Crippen LogP contribution is 2.36. The fourth-order valence-corrected chi connectivity index (χ4v) is 3.48. The molecule has 0 aromatic heterocycles. The molecule has 0 radical (unpaired) electrons. The molecular weight excluding hydrogens is 324 g/mol. The smallest absolute Gasteiger partial charge is 0.123 e. The van der Waals surface area contributed by atoms with Gasteiger partial charge in [-0.2, -0.15) is 0 Å². The van der Waals surface area contributed by atoms with E-state index in [9.17, 15) is 0 Å². The lowest BCUT2D eigenvalue weighted by Crippen LogP contribution is -2.31. The molecule has 0 saturated carbocycles. The van der Waals surface area contributed by atoms with Gasteiger partial charge < -0.3 is 19.7 Å². The van der Waals surface area contributed by atoms with E-state index in [1.807, 2.05) is 0 Å². The zero-order valence-electron chi connectivity index (χ0n) is 16.3. The number of rotatable bonds is 7. The minimum absolute atomic E-state index is 0.163. The van der Waals surface area contributed by atoms with Crippen LogP contribution in [0.5, 0.6) is 11.5 Å². The number of likely N-dealkylation sites (N-methyl/N-ethyl adjacent to an activating group) is 1. The van der Waals surface area contributed by atoms with Crippen LogP contribution in [0.1, 0.15) is 35.2 Å². The first kappa shape index (κ1) is 18.7. The van der Waals surface area contributed by atoms with Crippen LogP contribution in [0.2, 0.25) is 0 Å². The Hall–Kier alpha value is -2.04. The zero-order chi connectivity index (χ0) is 18.5. The normalized spacial score (nSPS) is 16.4. The third-order valence-corrected chi connectivity index (χ3v) is 4.99. The average Bonchev–Trinajstić information content (AvgIpc) is 2.66. The maximum Gasteiger partial charge on any atom is 0.123 e. The number of aryl methyl sites for hydroxylation is 1. The van der Waals surface area contributed by atoms with Crippen LogP contribution in [0.15, 0.2) is 36.4 Å². The van der Waals surface area contributed by atoms with E-state index in [4.69, 9.17) is 9.47 Å². The number of benzene rings is 2. The molecule has 0 spiro atoms. The molecule has 140 valence electrons. The van der Waals surface area contributed by atoms with Crippen molar-refractivity contribution in [2.24, 2.45) is 0 Å². The van der Waals surface area contributed by atoms with Crippen LogP contribution in [0.3, 0.4) is 0 Å². The molecule has 1 aliphatic heterocycles. The van der Waals surface area contributed by atoms with Gasteiger partial charge in [0.05, 0.1) is 13.2 Å². The van der Waals surface area contributed by atoms with Crippen molar-refractivity contribution in [2.75, 3.05) is 40.9 Å². The Labute approximate surface area is 157 Å². The molecule has 0 saturated heterocycles. The Morgan fingerprint density at radius 3 is 2.69 bits per heavy atom.